The minimum atomic E-state index is -0.644. The van der Waals surface area contributed by atoms with Gasteiger partial charge in [-0.2, -0.15) is 0 Å². The van der Waals surface area contributed by atoms with Gasteiger partial charge in [-0.3, -0.25) is 0 Å². The lowest BCUT2D eigenvalue weighted by Gasteiger charge is -2.31. The van der Waals surface area contributed by atoms with E-state index in [4.69, 9.17) is 9.47 Å². The van der Waals surface area contributed by atoms with Gasteiger partial charge in [0.25, 0.3) is 0 Å². The first kappa shape index (κ1) is 17.8. The van der Waals surface area contributed by atoms with Crippen molar-refractivity contribution in [3.05, 3.63) is 11.6 Å². The van der Waals surface area contributed by atoms with E-state index in [1.54, 1.807) is 20.8 Å². The molecule has 0 aromatic rings. The first-order chi connectivity index (χ1) is 10.5. The lowest BCUT2D eigenvalue weighted by molar-refractivity contribution is 0.0264. The first-order valence-electron chi connectivity index (χ1n) is 8.40. The normalized spacial score (nSPS) is 25.4. The second-order valence-electron chi connectivity index (χ2n) is 8.66. The van der Waals surface area contributed by atoms with E-state index >= 15 is 0 Å². The van der Waals surface area contributed by atoms with Gasteiger partial charge in [0.2, 0.25) is 0 Å². The highest BCUT2D eigenvalue weighted by molar-refractivity contribution is 5.90. The highest BCUT2D eigenvalue weighted by atomic mass is 16.6. The largest absolute Gasteiger partial charge is 0.443 e. The Bertz CT molecular complexity index is 510. The molecule has 0 radical (unpaired) electrons. The molecule has 0 aromatic heterocycles. The summed E-state index contributed by atoms with van der Waals surface area (Å²) in [5.41, 5.74) is 0.462. The summed E-state index contributed by atoms with van der Waals surface area (Å²) in [6.45, 7) is 11.7. The Labute approximate surface area is 139 Å². The van der Waals surface area contributed by atoms with Crippen LogP contribution < -0.4 is 0 Å². The number of amides is 2. The predicted molar refractivity (Wildman–Crippen MR) is 88.1 cm³/mol. The summed E-state index contributed by atoms with van der Waals surface area (Å²) in [5.74, 6) is 0. The van der Waals surface area contributed by atoms with Crippen LogP contribution >= 0.6 is 0 Å². The molecular formula is C18H29NO4. The highest BCUT2D eigenvalue weighted by Crippen LogP contribution is 2.37. The number of allylic oxidation sites excluding steroid dienone is 1. The van der Waals surface area contributed by atoms with Gasteiger partial charge in [-0.15, -0.1) is 0 Å². The minimum Gasteiger partial charge on any atom is -0.443 e. The molecule has 1 aliphatic heterocycles. The molecule has 2 amide bonds. The van der Waals surface area contributed by atoms with Crippen LogP contribution in [0.15, 0.2) is 11.6 Å². The van der Waals surface area contributed by atoms with E-state index in [-0.39, 0.29) is 17.6 Å². The maximum absolute atomic E-state index is 12.5. The van der Waals surface area contributed by atoms with Crippen molar-refractivity contribution >= 4 is 12.2 Å². The molecule has 1 heterocycles. The number of cyclic esters (lactones) is 1. The highest BCUT2D eigenvalue weighted by Gasteiger charge is 2.49. The topological polar surface area (TPSA) is 55.8 Å². The van der Waals surface area contributed by atoms with E-state index in [0.29, 0.717) is 6.42 Å². The number of ether oxygens (including phenoxy) is 2. The SMILES string of the molecule is CC(C)(C)C[C@H]1[C@@H](C2=CCCC2)OC(=O)N1C(=O)OC(C)(C)C. The standard InChI is InChI=1S/C18H29NO4/c1-17(2,3)11-13-14(12-9-7-8-10-12)22-15(20)19(13)16(21)23-18(4,5)6/h9,13-14H,7-8,10-11H2,1-6H3/t13-,14+/m0/s1. The fourth-order valence-corrected chi connectivity index (χ4v) is 3.14. The minimum absolute atomic E-state index is 0.0314. The van der Waals surface area contributed by atoms with Crippen molar-refractivity contribution in [2.75, 3.05) is 0 Å². The molecule has 5 heteroatoms. The van der Waals surface area contributed by atoms with Crippen molar-refractivity contribution in [1.29, 1.82) is 0 Å². The van der Waals surface area contributed by atoms with Crippen LogP contribution in [0.5, 0.6) is 0 Å². The Hall–Kier alpha value is -1.52. The van der Waals surface area contributed by atoms with Crippen LogP contribution in [0.1, 0.15) is 67.2 Å². The van der Waals surface area contributed by atoms with Gasteiger partial charge in [0.15, 0.2) is 0 Å². The third-order valence-corrected chi connectivity index (χ3v) is 3.96. The number of carbonyl (C=O) groups is 2. The zero-order valence-electron chi connectivity index (χ0n) is 15.1. The maximum Gasteiger partial charge on any atom is 0.420 e. The van der Waals surface area contributed by atoms with Crippen molar-refractivity contribution in [2.45, 2.75) is 85.0 Å². The number of hydrogen-bond donors (Lipinski definition) is 0. The quantitative estimate of drug-likeness (QED) is 0.694. The average molecular weight is 323 g/mol. The maximum atomic E-state index is 12.5. The summed E-state index contributed by atoms with van der Waals surface area (Å²) in [4.78, 5) is 26.0. The van der Waals surface area contributed by atoms with E-state index in [1.807, 2.05) is 0 Å². The number of rotatable bonds is 2. The van der Waals surface area contributed by atoms with Gasteiger partial charge >= 0.3 is 12.2 Å². The third kappa shape index (κ3) is 4.49. The van der Waals surface area contributed by atoms with Gasteiger partial charge in [-0.05, 0) is 57.4 Å². The molecule has 1 aliphatic carbocycles. The summed E-state index contributed by atoms with van der Waals surface area (Å²) in [7, 11) is 0. The predicted octanol–water partition coefficient (Wildman–Crippen LogP) is 4.66. The number of hydrogen-bond acceptors (Lipinski definition) is 4. The molecule has 1 fully saturated rings. The van der Waals surface area contributed by atoms with Crippen LogP contribution in [0.4, 0.5) is 9.59 Å². The fraction of sp³-hybridized carbons (Fsp3) is 0.778. The van der Waals surface area contributed by atoms with Gasteiger partial charge in [0.05, 0.1) is 6.04 Å². The van der Waals surface area contributed by atoms with Crippen molar-refractivity contribution < 1.29 is 19.1 Å². The van der Waals surface area contributed by atoms with Gasteiger partial charge in [-0.1, -0.05) is 26.8 Å². The monoisotopic (exact) mass is 323 g/mol. The summed E-state index contributed by atoms with van der Waals surface area (Å²) >= 11 is 0. The molecule has 2 rings (SSSR count). The number of carbonyl (C=O) groups excluding carboxylic acids is 2. The molecule has 0 bridgehead atoms. The van der Waals surface area contributed by atoms with Crippen LogP contribution in [0.25, 0.3) is 0 Å². The molecule has 0 N–H and O–H groups in total. The molecule has 23 heavy (non-hydrogen) atoms. The summed E-state index contributed by atoms with van der Waals surface area (Å²) < 4.78 is 11.0. The second kappa shape index (κ2) is 6.17. The Morgan fingerprint density at radius 2 is 1.96 bits per heavy atom. The van der Waals surface area contributed by atoms with Crippen LogP contribution in [0.2, 0.25) is 0 Å². The van der Waals surface area contributed by atoms with Crippen molar-refractivity contribution in [2.24, 2.45) is 5.41 Å². The zero-order valence-corrected chi connectivity index (χ0v) is 15.1. The van der Waals surface area contributed by atoms with Gasteiger partial charge in [-0.25, -0.2) is 14.5 Å². The molecule has 1 saturated heterocycles. The van der Waals surface area contributed by atoms with Gasteiger partial charge < -0.3 is 9.47 Å². The molecule has 2 atom stereocenters. The smallest absolute Gasteiger partial charge is 0.420 e. The molecule has 5 nitrogen and oxygen atoms in total. The van der Waals surface area contributed by atoms with E-state index in [1.165, 1.54) is 4.90 Å². The van der Waals surface area contributed by atoms with Crippen LogP contribution in [-0.4, -0.2) is 34.8 Å². The summed E-state index contributed by atoms with van der Waals surface area (Å²) in [5, 5.41) is 0. The van der Waals surface area contributed by atoms with Crippen molar-refractivity contribution in [3.8, 4) is 0 Å². The van der Waals surface area contributed by atoms with E-state index < -0.39 is 17.8 Å². The molecule has 2 aliphatic rings. The Morgan fingerprint density at radius 1 is 1.30 bits per heavy atom. The first-order valence-corrected chi connectivity index (χ1v) is 8.40. The number of imide groups is 1. The average Bonchev–Trinajstić information content (AvgIpc) is 2.92. The molecule has 0 aromatic carbocycles. The zero-order chi connectivity index (χ0) is 17.4. The van der Waals surface area contributed by atoms with E-state index in [9.17, 15) is 9.59 Å². The molecule has 0 saturated carbocycles. The lowest BCUT2D eigenvalue weighted by Crippen LogP contribution is -2.45. The summed E-state index contributed by atoms with van der Waals surface area (Å²) in [6.07, 6.45) is 4.31. The Morgan fingerprint density at radius 3 is 2.43 bits per heavy atom. The van der Waals surface area contributed by atoms with Crippen LogP contribution in [0.3, 0.4) is 0 Å². The third-order valence-electron chi connectivity index (χ3n) is 3.96. The summed E-state index contributed by atoms with van der Waals surface area (Å²) in [6, 6.07) is -0.304. The Kier molecular flexibility index (Phi) is 4.79. The van der Waals surface area contributed by atoms with Gasteiger partial charge in [0, 0.05) is 0 Å². The van der Waals surface area contributed by atoms with Crippen LogP contribution in [0, 0.1) is 5.41 Å². The van der Waals surface area contributed by atoms with E-state index in [0.717, 1.165) is 24.8 Å². The number of nitrogens with zero attached hydrogens (tertiary/aromatic N) is 1. The van der Waals surface area contributed by atoms with Crippen molar-refractivity contribution in [3.63, 3.8) is 0 Å². The Balaban J connectivity index is 2.27. The van der Waals surface area contributed by atoms with Crippen molar-refractivity contribution in [1.82, 2.24) is 4.90 Å². The second-order valence-corrected chi connectivity index (χ2v) is 8.66. The van der Waals surface area contributed by atoms with Gasteiger partial charge in [0.1, 0.15) is 11.7 Å². The molecule has 0 unspecified atom stereocenters. The molecule has 130 valence electrons. The fourth-order valence-electron chi connectivity index (χ4n) is 3.14. The molecule has 0 spiro atoms. The lowest BCUT2D eigenvalue weighted by atomic mass is 9.84. The molecular weight excluding hydrogens is 294 g/mol. The van der Waals surface area contributed by atoms with Crippen LogP contribution in [-0.2, 0) is 9.47 Å². The van der Waals surface area contributed by atoms with E-state index in [2.05, 4.69) is 26.8 Å².